The maximum absolute atomic E-state index is 9.50. The van der Waals surface area contributed by atoms with E-state index in [1.54, 1.807) is 6.20 Å². The Morgan fingerprint density at radius 3 is 3.27 bits per heavy atom. The standard InChI is InChI=1S/C9H11NO/c11-8-5-1-3-7-4-2-6-10-9(7)8/h2,4,6,8,11H,1,3,5H2/t8-/m0/s1. The molecule has 1 aromatic rings. The van der Waals surface area contributed by atoms with E-state index in [4.69, 9.17) is 0 Å². The number of hydrogen-bond donors (Lipinski definition) is 1. The van der Waals surface area contributed by atoms with Crippen molar-refractivity contribution in [3.05, 3.63) is 29.6 Å². The van der Waals surface area contributed by atoms with Gasteiger partial charge in [-0.3, -0.25) is 4.98 Å². The first-order valence-electron chi connectivity index (χ1n) is 4.00. The van der Waals surface area contributed by atoms with Gasteiger partial charge in [-0.15, -0.1) is 0 Å². The highest BCUT2D eigenvalue weighted by molar-refractivity contribution is 5.23. The fraction of sp³-hybridized carbons (Fsp3) is 0.444. The summed E-state index contributed by atoms with van der Waals surface area (Å²) in [7, 11) is 0. The molecule has 2 rings (SSSR count). The Bertz CT molecular complexity index is 259. The summed E-state index contributed by atoms with van der Waals surface area (Å²) in [4.78, 5) is 4.15. The van der Waals surface area contributed by atoms with E-state index in [0.29, 0.717) is 0 Å². The topological polar surface area (TPSA) is 33.1 Å². The van der Waals surface area contributed by atoms with Crippen molar-refractivity contribution in [2.45, 2.75) is 25.4 Å². The lowest BCUT2D eigenvalue weighted by atomic mass is 9.94. The van der Waals surface area contributed by atoms with Gasteiger partial charge in [-0.2, -0.15) is 0 Å². The number of fused-ring (bicyclic) bond motifs is 1. The molecule has 0 spiro atoms. The van der Waals surface area contributed by atoms with E-state index >= 15 is 0 Å². The molecule has 0 fully saturated rings. The van der Waals surface area contributed by atoms with Gasteiger partial charge in [0.15, 0.2) is 0 Å². The summed E-state index contributed by atoms with van der Waals surface area (Å²) in [5, 5.41) is 9.50. The highest BCUT2D eigenvalue weighted by Crippen LogP contribution is 2.26. The Balaban J connectivity index is 2.44. The van der Waals surface area contributed by atoms with Crippen molar-refractivity contribution in [1.82, 2.24) is 4.98 Å². The number of aliphatic hydroxyl groups excluding tert-OH is 1. The minimum absolute atomic E-state index is 0.319. The Hall–Kier alpha value is -0.890. The fourth-order valence-corrected chi connectivity index (χ4v) is 1.58. The average molecular weight is 149 g/mol. The summed E-state index contributed by atoms with van der Waals surface area (Å²) in [6.45, 7) is 0. The molecule has 1 aliphatic carbocycles. The number of aliphatic hydroxyl groups is 1. The van der Waals surface area contributed by atoms with Crippen LogP contribution in [0, 0.1) is 0 Å². The summed E-state index contributed by atoms with van der Waals surface area (Å²) >= 11 is 0. The molecule has 58 valence electrons. The Morgan fingerprint density at radius 2 is 2.45 bits per heavy atom. The van der Waals surface area contributed by atoms with Gasteiger partial charge in [0.25, 0.3) is 0 Å². The summed E-state index contributed by atoms with van der Waals surface area (Å²) in [5.41, 5.74) is 2.10. The third-order valence-electron chi connectivity index (χ3n) is 2.17. The summed E-state index contributed by atoms with van der Waals surface area (Å²) in [6, 6.07) is 3.97. The molecule has 1 aromatic heterocycles. The van der Waals surface area contributed by atoms with E-state index in [1.807, 2.05) is 12.1 Å². The van der Waals surface area contributed by atoms with Crippen LogP contribution < -0.4 is 0 Å². The van der Waals surface area contributed by atoms with Crippen molar-refractivity contribution in [1.29, 1.82) is 0 Å². The second-order valence-corrected chi connectivity index (χ2v) is 2.96. The highest BCUT2D eigenvalue weighted by Gasteiger charge is 2.17. The zero-order valence-electron chi connectivity index (χ0n) is 6.33. The van der Waals surface area contributed by atoms with E-state index in [2.05, 4.69) is 4.98 Å². The number of rotatable bonds is 0. The molecule has 2 heteroatoms. The molecule has 2 nitrogen and oxygen atoms in total. The van der Waals surface area contributed by atoms with Gasteiger partial charge in [0.2, 0.25) is 0 Å². The molecule has 0 amide bonds. The molecule has 0 aromatic carbocycles. The molecule has 0 radical (unpaired) electrons. The van der Waals surface area contributed by atoms with Crippen molar-refractivity contribution in [3.63, 3.8) is 0 Å². The first kappa shape index (κ1) is 6.80. The minimum Gasteiger partial charge on any atom is -0.387 e. The lowest BCUT2D eigenvalue weighted by Crippen LogP contribution is -2.10. The van der Waals surface area contributed by atoms with Crippen LogP contribution in [0.5, 0.6) is 0 Å². The second kappa shape index (κ2) is 2.62. The van der Waals surface area contributed by atoms with E-state index in [9.17, 15) is 5.11 Å². The molecule has 1 aliphatic rings. The largest absolute Gasteiger partial charge is 0.387 e. The van der Waals surface area contributed by atoms with E-state index in [-0.39, 0.29) is 6.10 Å². The van der Waals surface area contributed by atoms with E-state index in [1.165, 1.54) is 5.56 Å². The van der Waals surface area contributed by atoms with Crippen LogP contribution in [0.3, 0.4) is 0 Å². The minimum atomic E-state index is -0.319. The molecular formula is C9H11NO. The predicted octanol–water partition coefficient (Wildman–Crippen LogP) is 1.45. The van der Waals surface area contributed by atoms with Gasteiger partial charge in [-0.05, 0) is 30.9 Å². The molecule has 1 heterocycles. The van der Waals surface area contributed by atoms with Crippen LogP contribution in [-0.4, -0.2) is 10.1 Å². The Labute approximate surface area is 65.9 Å². The maximum atomic E-state index is 9.50. The summed E-state index contributed by atoms with van der Waals surface area (Å²) in [5.74, 6) is 0. The zero-order valence-corrected chi connectivity index (χ0v) is 6.33. The SMILES string of the molecule is O[C@H]1CCCc2cccnc21. The van der Waals surface area contributed by atoms with Gasteiger partial charge in [-0.1, -0.05) is 6.07 Å². The Morgan fingerprint density at radius 1 is 1.55 bits per heavy atom. The van der Waals surface area contributed by atoms with Crippen LogP contribution in [0.4, 0.5) is 0 Å². The molecule has 0 aliphatic heterocycles. The zero-order chi connectivity index (χ0) is 7.68. The van der Waals surface area contributed by atoms with Gasteiger partial charge in [0.1, 0.15) is 0 Å². The Kier molecular flexibility index (Phi) is 1.62. The van der Waals surface area contributed by atoms with Crippen molar-refractivity contribution >= 4 is 0 Å². The van der Waals surface area contributed by atoms with Gasteiger partial charge < -0.3 is 5.11 Å². The molecule has 0 saturated heterocycles. The van der Waals surface area contributed by atoms with Gasteiger partial charge in [-0.25, -0.2) is 0 Å². The maximum Gasteiger partial charge on any atom is 0.0962 e. The highest BCUT2D eigenvalue weighted by atomic mass is 16.3. The number of hydrogen-bond acceptors (Lipinski definition) is 2. The van der Waals surface area contributed by atoms with Crippen LogP contribution in [0.15, 0.2) is 18.3 Å². The van der Waals surface area contributed by atoms with Crippen molar-refractivity contribution in [2.75, 3.05) is 0 Å². The third-order valence-corrected chi connectivity index (χ3v) is 2.17. The van der Waals surface area contributed by atoms with Crippen LogP contribution in [-0.2, 0) is 6.42 Å². The molecule has 1 atom stereocenters. The van der Waals surface area contributed by atoms with Crippen molar-refractivity contribution in [3.8, 4) is 0 Å². The molecule has 11 heavy (non-hydrogen) atoms. The normalized spacial score (nSPS) is 22.8. The van der Waals surface area contributed by atoms with Gasteiger partial charge in [0.05, 0.1) is 11.8 Å². The first-order chi connectivity index (χ1) is 5.38. The monoisotopic (exact) mass is 149 g/mol. The quantitative estimate of drug-likeness (QED) is 0.605. The van der Waals surface area contributed by atoms with Crippen LogP contribution in [0.25, 0.3) is 0 Å². The summed E-state index contributed by atoms with van der Waals surface area (Å²) in [6.07, 6.45) is 4.44. The van der Waals surface area contributed by atoms with Gasteiger partial charge >= 0.3 is 0 Å². The van der Waals surface area contributed by atoms with E-state index < -0.39 is 0 Å². The van der Waals surface area contributed by atoms with Gasteiger partial charge in [0, 0.05) is 6.20 Å². The molecule has 0 unspecified atom stereocenters. The fourth-order valence-electron chi connectivity index (χ4n) is 1.58. The smallest absolute Gasteiger partial charge is 0.0962 e. The van der Waals surface area contributed by atoms with Crippen molar-refractivity contribution < 1.29 is 5.11 Å². The molecule has 0 saturated carbocycles. The molecular weight excluding hydrogens is 138 g/mol. The first-order valence-corrected chi connectivity index (χ1v) is 4.00. The van der Waals surface area contributed by atoms with Crippen LogP contribution >= 0.6 is 0 Å². The number of nitrogens with zero attached hydrogens (tertiary/aromatic N) is 1. The predicted molar refractivity (Wildman–Crippen MR) is 42.1 cm³/mol. The number of aryl methyl sites for hydroxylation is 1. The lowest BCUT2D eigenvalue weighted by molar-refractivity contribution is 0.151. The third kappa shape index (κ3) is 1.14. The van der Waals surface area contributed by atoms with E-state index in [0.717, 1.165) is 25.0 Å². The summed E-state index contributed by atoms with van der Waals surface area (Å²) < 4.78 is 0. The van der Waals surface area contributed by atoms with Crippen LogP contribution in [0.1, 0.15) is 30.2 Å². The number of aromatic nitrogens is 1. The number of pyridine rings is 1. The second-order valence-electron chi connectivity index (χ2n) is 2.96. The molecule has 0 bridgehead atoms. The molecule has 1 N–H and O–H groups in total. The lowest BCUT2D eigenvalue weighted by Gasteiger charge is -2.18. The van der Waals surface area contributed by atoms with Crippen molar-refractivity contribution in [2.24, 2.45) is 0 Å². The average Bonchev–Trinajstić information content (AvgIpc) is 2.06. The van der Waals surface area contributed by atoms with Crippen LogP contribution in [0.2, 0.25) is 0 Å².